The minimum atomic E-state index is -0.288. The van der Waals surface area contributed by atoms with E-state index in [2.05, 4.69) is 5.32 Å². The lowest BCUT2D eigenvalue weighted by atomic mass is 9.94. The Hall–Kier alpha value is -3.47. The van der Waals surface area contributed by atoms with E-state index in [0.717, 1.165) is 17.2 Å². The van der Waals surface area contributed by atoms with Crippen LogP contribution in [0.5, 0.6) is 0 Å². The first kappa shape index (κ1) is 18.9. The topological polar surface area (TPSA) is 66.5 Å². The quantitative estimate of drug-likeness (QED) is 0.631. The summed E-state index contributed by atoms with van der Waals surface area (Å²) in [5.74, 6) is -0.645. The lowest BCUT2D eigenvalue weighted by molar-refractivity contribution is -0.121. The van der Waals surface area contributed by atoms with Crippen LogP contribution in [-0.4, -0.2) is 35.7 Å². The van der Waals surface area contributed by atoms with Crippen molar-refractivity contribution >= 4 is 28.5 Å². The second-order valence-corrected chi connectivity index (χ2v) is 7.16. The number of benzene rings is 3. The van der Waals surface area contributed by atoms with Gasteiger partial charge in [0.2, 0.25) is 5.91 Å². The highest BCUT2D eigenvalue weighted by Crippen LogP contribution is 2.29. The van der Waals surface area contributed by atoms with E-state index in [1.165, 1.54) is 10.5 Å². The SMILES string of the molecule is O=C(CCCN1C(=O)c2cccc3cccc(c23)C1=O)NCCc1ccccc1. The molecule has 5 heteroatoms. The summed E-state index contributed by atoms with van der Waals surface area (Å²) in [6.07, 6.45) is 1.49. The number of amides is 3. The van der Waals surface area contributed by atoms with Gasteiger partial charge in [0.1, 0.15) is 0 Å². The van der Waals surface area contributed by atoms with Gasteiger partial charge >= 0.3 is 0 Å². The second-order valence-electron chi connectivity index (χ2n) is 7.16. The largest absolute Gasteiger partial charge is 0.356 e. The minimum Gasteiger partial charge on any atom is -0.356 e. The molecule has 1 heterocycles. The maximum Gasteiger partial charge on any atom is 0.261 e. The summed E-state index contributed by atoms with van der Waals surface area (Å²) in [5, 5.41) is 4.51. The number of imide groups is 1. The summed E-state index contributed by atoms with van der Waals surface area (Å²) < 4.78 is 0. The van der Waals surface area contributed by atoms with Crippen LogP contribution in [0.3, 0.4) is 0 Å². The van der Waals surface area contributed by atoms with Crippen LogP contribution < -0.4 is 5.32 Å². The van der Waals surface area contributed by atoms with E-state index in [-0.39, 0.29) is 30.7 Å². The molecule has 0 fully saturated rings. The molecule has 0 saturated carbocycles. The van der Waals surface area contributed by atoms with Crippen LogP contribution in [0.4, 0.5) is 0 Å². The van der Waals surface area contributed by atoms with Crippen molar-refractivity contribution < 1.29 is 14.4 Å². The zero-order chi connectivity index (χ0) is 20.2. The van der Waals surface area contributed by atoms with Gasteiger partial charge in [0.25, 0.3) is 11.8 Å². The summed E-state index contributed by atoms with van der Waals surface area (Å²) in [6, 6.07) is 20.9. The molecule has 0 spiro atoms. The number of hydrogen-bond acceptors (Lipinski definition) is 3. The number of rotatable bonds is 7. The Morgan fingerprint density at radius 3 is 2.14 bits per heavy atom. The Bertz CT molecular complexity index is 1030. The van der Waals surface area contributed by atoms with Crippen LogP contribution in [0.2, 0.25) is 0 Å². The lowest BCUT2D eigenvalue weighted by Gasteiger charge is -2.27. The van der Waals surface area contributed by atoms with Gasteiger partial charge in [-0.2, -0.15) is 0 Å². The van der Waals surface area contributed by atoms with Crippen molar-refractivity contribution in [3.8, 4) is 0 Å². The maximum atomic E-state index is 12.8. The summed E-state index contributed by atoms with van der Waals surface area (Å²) in [5.41, 5.74) is 2.26. The molecule has 3 amide bonds. The molecule has 29 heavy (non-hydrogen) atoms. The van der Waals surface area contributed by atoms with Crippen LogP contribution >= 0.6 is 0 Å². The monoisotopic (exact) mass is 386 g/mol. The van der Waals surface area contributed by atoms with Gasteiger partial charge in [-0.3, -0.25) is 19.3 Å². The number of hydrogen-bond donors (Lipinski definition) is 1. The number of carbonyl (C=O) groups is 3. The fourth-order valence-corrected chi connectivity index (χ4v) is 3.76. The third kappa shape index (κ3) is 3.90. The molecule has 0 unspecified atom stereocenters. The zero-order valence-electron chi connectivity index (χ0n) is 16.1. The van der Waals surface area contributed by atoms with Gasteiger partial charge < -0.3 is 5.32 Å². The second kappa shape index (κ2) is 8.27. The predicted molar refractivity (Wildman–Crippen MR) is 112 cm³/mol. The van der Waals surface area contributed by atoms with Gasteiger partial charge in [0, 0.05) is 36.0 Å². The Balaban J connectivity index is 1.33. The van der Waals surface area contributed by atoms with Gasteiger partial charge in [-0.1, -0.05) is 54.6 Å². The molecule has 3 aromatic carbocycles. The molecule has 0 aromatic heterocycles. The van der Waals surface area contributed by atoms with Gasteiger partial charge in [0.05, 0.1) is 0 Å². The molecular weight excluding hydrogens is 364 g/mol. The average Bonchev–Trinajstić information content (AvgIpc) is 2.75. The van der Waals surface area contributed by atoms with Crippen LogP contribution in [0.15, 0.2) is 66.7 Å². The zero-order valence-corrected chi connectivity index (χ0v) is 16.1. The highest BCUT2D eigenvalue weighted by molar-refractivity contribution is 6.25. The lowest BCUT2D eigenvalue weighted by Crippen LogP contribution is -2.41. The molecule has 1 aliphatic heterocycles. The Morgan fingerprint density at radius 2 is 1.48 bits per heavy atom. The summed E-state index contributed by atoms with van der Waals surface area (Å²) in [7, 11) is 0. The van der Waals surface area contributed by atoms with Gasteiger partial charge in [0.15, 0.2) is 0 Å². The molecule has 0 atom stereocenters. The third-order valence-corrected chi connectivity index (χ3v) is 5.22. The average molecular weight is 386 g/mol. The van der Waals surface area contributed by atoms with E-state index in [1.54, 1.807) is 12.1 Å². The summed E-state index contributed by atoms with van der Waals surface area (Å²) in [6.45, 7) is 0.800. The minimum absolute atomic E-state index is 0.0691. The molecule has 0 radical (unpaired) electrons. The van der Waals surface area contributed by atoms with Crippen LogP contribution in [0, 0.1) is 0 Å². The Labute approximate surface area is 169 Å². The van der Waals surface area contributed by atoms with Crippen molar-refractivity contribution in [3.63, 3.8) is 0 Å². The predicted octanol–water partition coefficient (Wildman–Crippen LogP) is 3.57. The van der Waals surface area contributed by atoms with Gasteiger partial charge in [-0.25, -0.2) is 0 Å². The first-order valence-corrected chi connectivity index (χ1v) is 9.84. The smallest absolute Gasteiger partial charge is 0.261 e. The van der Waals surface area contributed by atoms with Crippen molar-refractivity contribution in [3.05, 3.63) is 83.4 Å². The summed E-state index contributed by atoms with van der Waals surface area (Å²) in [4.78, 5) is 39.0. The van der Waals surface area contributed by atoms with E-state index < -0.39 is 0 Å². The van der Waals surface area contributed by atoms with E-state index in [0.29, 0.717) is 24.1 Å². The molecule has 0 aliphatic carbocycles. The van der Waals surface area contributed by atoms with Gasteiger partial charge in [-0.05, 0) is 35.9 Å². The molecule has 0 saturated heterocycles. The molecule has 1 aliphatic rings. The van der Waals surface area contributed by atoms with Crippen molar-refractivity contribution in [2.45, 2.75) is 19.3 Å². The standard InChI is InChI=1S/C24H22N2O3/c27-21(25-15-14-17-7-2-1-3-8-17)13-6-16-26-23(28)19-11-4-9-18-10-5-12-20(22(18)19)24(26)29/h1-5,7-12H,6,13-16H2,(H,25,27). The first-order chi connectivity index (χ1) is 14.1. The molecule has 3 aromatic rings. The highest BCUT2D eigenvalue weighted by Gasteiger charge is 2.32. The van der Waals surface area contributed by atoms with Gasteiger partial charge in [-0.15, -0.1) is 0 Å². The highest BCUT2D eigenvalue weighted by atomic mass is 16.2. The number of nitrogens with one attached hydrogen (secondary N) is 1. The fourth-order valence-electron chi connectivity index (χ4n) is 3.76. The molecule has 5 nitrogen and oxygen atoms in total. The van der Waals surface area contributed by atoms with E-state index in [9.17, 15) is 14.4 Å². The third-order valence-electron chi connectivity index (χ3n) is 5.22. The van der Waals surface area contributed by atoms with Crippen LogP contribution in [-0.2, 0) is 11.2 Å². The first-order valence-electron chi connectivity index (χ1n) is 9.84. The van der Waals surface area contributed by atoms with Crippen LogP contribution in [0.25, 0.3) is 10.8 Å². The molecular formula is C24H22N2O3. The van der Waals surface area contributed by atoms with E-state index >= 15 is 0 Å². The number of nitrogens with zero attached hydrogens (tertiary/aromatic N) is 1. The van der Waals surface area contributed by atoms with Crippen molar-refractivity contribution in [2.24, 2.45) is 0 Å². The molecule has 4 rings (SSSR count). The fraction of sp³-hybridized carbons (Fsp3) is 0.208. The summed E-state index contributed by atoms with van der Waals surface area (Å²) >= 11 is 0. The van der Waals surface area contributed by atoms with E-state index in [1.807, 2.05) is 54.6 Å². The maximum absolute atomic E-state index is 12.8. The Kier molecular flexibility index (Phi) is 5.38. The van der Waals surface area contributed by atoms with Crippen LogP contribution in [0.1, 0.15) is 39.1 Å². The number of carbonyl (C=O) groups excluding carboxylic acids is 3. The molecule has 1 N–H and O–H groups in total. The van der Waals surface area contributed by atoms with Crippen molar-refractivity contribution in [1.82, 2.24) is 10.2 Å². The normalized spacial score (nSPS) is 13.0. The van der Waals surface area contributed by atoms with Crippen molar-refractivity contribution in [2.75, 3.05) is 13.1 Å². The van der Waals surface area contributed by atoms with Crippen molar-refractivity contribution in [1.29, 1.82) is 0 Å². The van der Waals surface area contributed by atoms with E-state index in [4.69, 9.17) is 0 Å². The molecule has 146 valence electrons. The molecule has 0 bridgehead atoms. The Morgan fingerprint density at radius 1 is 0.828 bits per heavy atom.